The van der Waals surface area contributed by atoms with Crippen LogP contribution in [0.3, 0.4) is 0 Å². The molecule has 0 spiro atoms. The lowest BCUT2D eigenvalue weighted by Crippen LogP contribution is -2.28. The van der Waals surface area contributed by atoms with Gasteiger partial charge < -0.3 is 5.32 Å². The summed E-state index contributed by atoms with van der Waals surface area (Å²) in [6.07, 6.45) is 0. The predicted octanol–water partition coefficient (Wildman–Crippen LogP) is 4.85. The van der Waals surface area contributed by atoms with Crippen LogP contribution in [0.4, 0.5) is 5.69 Å². The Kier molecular flexibility index (Phi) is 4.94. The van der Waals surface area contributed by atoms with Gasteiger partial charge in [-0.05, 0) is 36.4 Å². The molecule has 0 saturated heterocycles. The minimum atomic E-state index is -1.82. The first kappa shape index (κ1) is 18.3. The molecule has 0 heterocycles. The number of ketones is 2. The van der Waals surface area contributed by atoms with E-state index in [0.717, 1.165) is 0 Å². The number of Topliss-reactive ketones (excluding diaryl/α,β-unsaturated/α-hetero) is 2. The van der Waals surface area contributed by atoms with Crippen LogP contribution in [0.25, 0.3) is 0 Å². The Morgan fingerprint density at radius 3 is 1.93 bits per heavy atom. The van der Waals surface area contributed by atoms with Gasteiger partial charge in [-0.1, -0.05) is 54.1 Å². The second-order valence-electron chi connectivity index (χ2n) is 6.12. The third kappa shape index (κ3) is 3.30. The lowest BCUT2D eigenvalue weighted by Gasteiger charge is -2.21. The van der Waals surface area contributed by atoms with Gasteiger partial charge in [0, 0.05) is 26.7 Å². The maximum atomic E-state index is 13.2. The first-order valence-electron chi connectivity index (χ1n) is 8.48. The fraction of sp³-hybridized carbons (Fsp3) is 0. The summed E-state index contributed by atoms with van der Waals surface area (Å²) in [5, 5.41) is 3.53. The summed E-state index contributed by atoms with van der Waals surface area (Å²) >= 11 is 5.92. The van der Waals surface area contributed by atoms with E-state index in [1.54, 1.807) is 78.9 Å². The molecule has 1 aliphatic rings. The number of hydrogen-bond donors (Lipinski definition) is 1. The summed E-state index contributed by atoms with van der Waals surface area (Å²) in [5.41, 5.74) is 1.14. The quantitative estimate of drug-likeness (QED) is 0.671. The molecule has 1 atom stereocenters. The molecule has 0 amide bonds. The third-order valence-electron chi connectivity index (χ3n) is 4.33. The van der Waals surface area contributed by atoms with E-state index >= 15 is 0 Å². The molecular formula is C22H14ClNO3S. The Hall–Kier alpha value is -3.02. The van der Waals surface area contributed by atoms with E-state index in [2.05, 4.69) is 5.32 Å². The monoisotopic (exact) mass is 407 g/mol. The number of halogens is 1. The van der Waals surface area contributed by atoms with Gasteiger partial charge in [0.15, 0.2) is 0 Å². The maximum absolute atomic E-state index is 13.2. The van der Waals surface area contributed by atoms with Crippen LogP contribution >= 0.6 is 11.6 Å². The number of rotatable bonds is 4. The van der Waals surface area contributed by atoms with Crippen molar-refractivity contribution < 1.29 is 13.8 Å². The van der Waals surface area contributed by atoms with Gasteiger partial charge in [0.1, 0.15) is 10.6 Å². The third-order valence-corrected chi connectivity index (χ3v) is 6.05. The molecule has 1 aliphatic carbocycles. The minimum absolute atomic E-state index is 0.0215. The van der Waals surface area contributed by atoms with Crippen LogP contribution in [0.15, 0.2) is 94.4 Å². The van der Waals surface area contributed by atoms with Gasteiger partial charge in [0.2, 0.25) is 11.6 Å². The zero-order valence-electron chi connectivity index (χ0n) is 14.5. The molecule has 6 heteroatoms. The summed E-state index contributed by atoms with van der Waals surface area (Å²) in [6.45, 7) is 0. The van der Waals surface area contributed by atoms with Gasteiger partial charge >= 0.3 is 0 Å². The fourth-order valence-electron chi connectivity index (χ4n) is 2.98. The summed E-state index contributed by atoms with van der Waals surface area (Å²) < 4.78 is 13.2. The van der Waals surface area contributed by atoms with Crippen LogP contribution in [-0.2, 0) is 10.8 Å². The largest absolute Gasteiger partial charge is 0.351 e. The minimum Gasteiger partial charge on any atom is -0.351 e. The Balaban J connectivity index is 1.88. The molecule has 3 aromatic rings. The van der Waals surface area contributed by atoms with Crippen molar-refractivity contribution in [3.8, 4) is 0 Å². The van der Waals surface area contributed by atoms with Gasteiger partial charge in [-0.25, -0.2) is 4.21 Å². The average Bonchev–Trinajstić information content (AvgIpc) is 2.74. The highest BCUT2D eigenvalue weighted by atomic mass is 35.5. The number of hydrogen-bond acceptors (Lipinski definition) is 4. The van der Waals surface area contributed by atoms with Crippen molar-refractivity contribution in [2.45, 2.75) is 4.90 Å². The fourth-order valence-corrected chi connectivity index (χ4v) is 4.36. The first-order valence-corrected chi connectivity index (χ1v) is 10.0. The van der Waals surface area contributed by atoms with Crippen molar-refractivity contribution in [1.82, 2.24) is 0 Å². The molecule has 28 heavy (non-hydrogen) atoms. The second kappa shape index (κ2) is 7.54. The lowest BCUT2D eigenvalue weighted by molar-refractivity contribution is 0.0982. The van der Waals surface area contributed by atoms with Crippen molar-refractivity contribution in [1.29, 1.82) is 0 Å². The van der Waals surface area contributed by atoms with Crippen molar-refractivity contribution in [3.63, 3.8) is 0 Å². The second-order valence-corrected chi connectivity index (χ2v) is 7.98. The molecule has 0 bridgehead atoms. The molecule has 0 fully saturated rings. The molecule has 4 nitrogen and oxygen atoms in total. The van der Waals surface area contributed by atoms with E-state index in [-0.39, 0.29) is 27.5 Å². The highest BCUT2D eigenvalue weighted by Crippen LogP contribution is 2.31. The first-order chi connectivity index (χ1) is 13.6. The van der Waals surface area contributed by atoms with E-state index in [4.69, 9.17) is 11.6 Å². The zero-order chi connectivity index (χ0) is 19.7. The molecule has 1 N–H and O–H groups in total. The molecule has 1 unspecified atom stereocenters. The SMILES string of the molecule is O=C1C(Nc2ccc(Cl)cc2)=C(S(=O)c2ccccc2)C(=O)c2ccccc21. The Bertz CT molecular complexity index is 1140. The maximum Gasteiger partial charge on any atom is 0.211 e. The normalized spacial score (nSPS) is 14.6. The van der Waals surface area contributed by atoms with Crippen LogP contribution in [-0.4, -0.2) is 15.8 Å². The summed E-state index contributed by atoms with van der Waals surface area (Å²) in [4.78, 5) is 26.7. The molecule has 0 radical (unpaired) electrons. The molecule has 138 valence electrons. The summed E-state index contributed by atoms with van der Waals surface area (Å²) in [6, 6.07) is 21.9. The van der Waals surface area contributed by atoms with Crippen LogP contribution < -0.4 is 5.32 Å². The van der Waals surface area contributed by atoms with Crippen LogP contribution in [0.5, 0.6) is 0 Å². The smallest absolute Gasteiger partial charge is 0.211 e. The van der Waals surface area contributed by atoms with Crippen molar-refractivity contribution in [2.24, 2.45) is 0 Å². The molecule has 0 aromatic heterocycles. The molecular weight excluding hydrogens is 394 g/mol. The summed E-state index contributed by atoms with van der Waals surface area (Å²) in [7, 11) is -1.82. The van der Waals surface area contributed by atoms with E-state index in [9.17, 15) is 13.8 Å². The Labute approximate surface area is 169 Å². The number of carbonyl (C=O) groups is 2. The Morgan fingerprint density at radius 1 is 0.714 bits per heavy atom. The van der Waals surface area contributed by atoms with Crippen molar-refractivity contribution in [2.75, 3.05) is 5.32 Å². The highest BCUT2D eigenvalue weighted by molar-refractivity contribution is 7.90. The average molecular weight is 408 g/mol. The van der Waals surface area contributed by atoms with E-state index in [1.165, 1.54) is 0 Å². The number of carbonyl (C=O) groups excluding carboxylic acids is 2. The van der Waals surface area contributed by atoms with Crippen LogP contribution in [0.1, 0.15) is 20.7 Å². The molecule has 0 saturated carbocycles. The number of anilines is 1. The van der Waals surface area contributed by atoms with E-state index < -0.39 is 16.6 Å². The van der Waals surface area contributed by atoms with Gasteiger partial charge in [-0.2, -0.15) is 0 Å². The molecule has 0 aliphatic heterocycles. The zero-order valence-corrected chi connectivity index (χ0v) is 16.1. The van der Waals surface area contributed by atoms with Gasteiger partial charge in [0.25, 0.3) is 0 Å². The van der Waals surface area contributed by atoms with Gasteiger partial charge in [-0.15, -0.1) is 0 Å². The summed E-state index contributed by atoms with van der Waals surface area (Å²) in [5.74, 6) is -0.793. The van der Waals surface area contributed by atoms with E-state index in [1.807, 2.05) is 0 Å². The number of nitrogens with one attached hydrogen (secondary N) is 1. The van der Waals surface area contributed by atoms with Crippen LogP contribution in [0.2, 0.25) is 5.02 Å². The number of allylic oxidation sites excluding steroid dienone is 2. The van der Waals surface area contributed by atoms with Gasteiger partial charge in [0.05, 0.1) is 10.8 Å². The topological polar surface area (TPSA) is 63.2 Å². The van der Waals surface area contributed by atoms with Crippen LogP contribution in [0, 0.1) is 0 Å². The van der Waals surface area contributed by atoms with Gasteiger partial charge in [-0.3, -0.25) is 9.59 Å². The standard InChI is InChI=1S/C22H14ClNO3S/c23-14-10-12-15(13-11-14)24-19-20(25)17-8-4-5-9-18(17)21(26)22(19)28(27)16-6-2-1-3-7-16/h1-13,24H. The van der Waals surface area contributed by atoms with Crippen molar-refractivity contribution >= 4 is 39.7 Å². The van der Waals surface area contributed by atoms with E-state index in [0.29, 0.717) is 15.6 Å². The van der Waals surface area contributed by atoms with Crippen molar-refractivity contribution in [3.05, 3.63) is 106 Å². The molecule has 3 aromatic carbocycles. The Morgan fingerprint density at radius 2 is 1.29 bits per heavy atom. The predicted molar refractivity (Wildman–Crippen MR) is 110 cm³/mol. The lowest BCUT2D eigenvalue weighted by atomic mass is 9.92. The number of fused-ring (bicyclic) bond motifs is 1. The highest BCUT2D eigenvalue weighted by Gasteiger charge is 2.35. The molecule has 4 rings (SSSR count). The number of benzene rings is 3.